The monoisotopic (exact) mass is 410 g/mol. The van der Waals surface area contributed by atoms with Crippen molar-refractivity contribution in [3.63, 3.8) is 0 Å². The van der Waals surface area contributed by atoms with E-state index < -0.39 is 20.8 Å². The van der Waals surface area contributed by atoms with Crippen LogP contribution in [0, 0.1) is 0 Å². The summed E-state index contributed by atoms with van der Waals surface area (Å²) >= 11 is 0. The van der Waals surface area contributed by atoms with Gasteiger partial charge in [-0.25, -0.2) is 4.18 Å². The summed E-state index contributed by atoms with van der Waals surface area (Å²) in [7, 11) is -9.75. The standard InChI is InChI=1S/C12H26O7S2.Zn/c1-2-3-4-5-6-7-8-9-10-11-12-18-21(16,17)19-20(13,14)15;/h2-12H2,1H3,(H,13,14,15);. The zero-order valence-electron chi connectivity index (χ0n) is 13.2. The fourth-order valence-corrected chi connectivity index (χ4v) is 3.20. The second-order valence-electron chi connectivity index (χ2n) is 4.91. The fourth-order valence-electron chi connectivity index (χ4n) is 1.88. The van der Waals surface area contributed by atoms with Gasteiger partial charge in [0.05, 0.1) is 6.61 Å². The van der Waals surface area contributed by atoms with Gasteiger partial charge in [0.25, 0.3) is 0 Å². The third-order valence-electron chi connectivity index (χ3n) is 2.89. The summed E-state index contributed by atoms with van der Waals surface area (Å²) in [5.41, 5.74) is 0. The van der Waals surface area contributed by atoms with E-state index in [1.807, 2.05) is 0 Å². The molecule has 0 spiro atoms. The van der Waals surface area contributed by atoms with Gasteiger partial charge in [0, 0.05) is 19.5 Å². The van der Waals surface area contributed by atoms with E-state index in [1.165, 1.54) is 38.5 Å². The SMILES string of the molecule is CCCCCCCCCCCCOS(=O)(=O)OS(=O)(=O)O.[Zn]. The van der Waals surface area contributed by atoms with Crippen LogP contribution in [0.4, 0.5) is 0 Å². The molecule has 0 bridgehead atoms. The summed E-state index contributed by atoms with van der Waals surface area (Å²) in [6.07, 6.45) is 10.9. The molecule has 0 aromatic carbocycles. The zero-order chi connectivity index (χ0) is 16.2. The average Bonchev–Trinajstić information content (AvgIpc) is 2.33. The molecule has 0 aromatic heterocycles. The number of hydrogen-bond donors (Lipinski definition) is 1. The minimum absolute atomic E-state index is 0. The van der Waals surface area contributed by atoms with E-state index in [2.05, 4.69) is 14.7 Å². The molecule has 0 heterocycles. The Labute approximate surface area is 147 Å². The molecule has 7 nitrogen and oxygen atoms in total. The molecule has 10 heteroatoms. The molecule has 0 unspecified atom stereocenters. The van der Waals surface area contributed by atoms with Crippen LogP contribution in [0.5, 0.6) is 0 Å². The van der Waals surface area contributed by atoms with Gasteiger partial charge in [-0.2, -0.15) is 16.8 Å². The maximum Gasteiger partial charge on any atom is 0.416 e. The molecule has 0 atom stereocenters. The van der Waals surface area contributed by atoms with Gasteiger partial charge >= 0.3 is 20.8 Å². The van der Waals surface area contributed by atoms with E-state index in [4.69, 9.17) is 4.55 Å². The predicted molar refractivity (Wildman–Crippen MR) is 79.3 cm³/mol. The number of hydrogen-bond acceptors (Lipinski definition) is 6. The summed E-state index contributed by atoms with van der Waals surface area (Å²) in [4.78, 5) is 0. The van der Waals surface area contributed by atoms with Crippen LogP contribution >= 0.6 is 0 Å². The summed E-state index contributed by atoms with van der Waals surface area (Å²) in [6.45, 7) is 2.03. The van der Waals surface area contributed by atoms with Crippen molar-refractivity contribution in [3.05, 3.63) is 0 Å². The minimum Gasteiger partial charge on any atom is -0.263 e. The normalized spacial score (nSPS) is 12.1. The first-order valence-electron chi connectivity index (χ1n) is 7.35. The predicted octanol–water partition coefficient (Wildman–Crippen LogP) is 2.99. The van der Waals surface area contributed by atoms with Crippen LogP contribution in [0.2, 0.25) is 0 Å². The van der Waals surface area contributed by atoms with Crippen molar-refractivity contribution < 1.29 is 48.7 Å². The van der Waals surface area contributed by atoms with Crippen molar-refractivity contribution in [1.82, 2.24) is 0 Å². The molecule has 0 saturated heterocycles. The van der Waals surface area contributed by atoms with E-state index in [1.54, 1.807) is 0 Å². The van der Waals surface area contributed by atoms with Gasteiger partial charge in [-0.05, 0) is 6.42 Å². The fraction of sp³-hybridized carbons (Fsp3) is 1.00. The van der Waals surface area contributed by atoms with Gasteiger partial charge in [-0.3, -0.25) is 4.55 Å². The molecule has 22 heavy (non-hydrogen) atoms. The van der Waals surface area contributed by atoms with Crippen molar-refractivity contribution in [2.24, 2.45) is 0 Å². The average molecular weight is 412 g/mol. The van der Waals surface area contributed by atoms with Crippen molar-refractivity contribution in [1.29, 1.82) is 0 Å². The van der Waals surface area contributed by atoms with Crippen molar-refractivity contribution in [2.45, 2.75) is 71.1 Å². The van der Waals surface area contributed by atoms with Crippen LogP contribution in [0.15, 0.2) is 0 Å². The topological polar surface area (TPSA) is 107 Å². The first-order chi connectivity index (χ1) is 9.77. The van der Waals surface area contributed by atoms with Crippen molar-refractivity contribution >= 4 is 20.8 Å². The van der Waals surface area contributed by atoms with E-state index in [9.17, 15) is 16.8 Å². The maximum atomic E-state index is 10.9. The zero-order valence-corrected chi connectivity index (χ0v) is 17.8. The molecule has 0 aliphatic rings. The van der Waals surface area contributed by atoms with Gasteiger partial charge < -0.3 is 0 Å². The Morgan fingerprint density at radius 2 is 1.18 bits per heavy atom. The van der Waals surface area contributed by atoms with Gasteiger partial charge in [0.1, 0.15) is 0 Å². The Kier molecular flexibility index (Phi) is 15.5. The Morgan fingerprint density at radius 1 is 0.773 bits per heavy atom. The summed E-state index contributed by atoms with van der Waals surface area (Å²) in [5.74, 6) is 0. The van der Waals surface area contributed by atoms with E-state index in [-0.39, 0.29) is 26.1 Å². The van der Waals surface area contributed by atoms with E-state index >= 15 is 0 Å². The smallest absolute Gasteiger partial charge is 0.263 e. The first kappa shape index (κ1) is 24.7. The Bertz CT molecular complexity index is 448. The molecule has 130 valence electrons. The minimum atomic E-state index is -5.06. The largest absolute Gasteiger partial charge is 0.416 e. The second kappa shape index (κ2) is 13.8. The molecular formula is C12H26O7S2Zn. The number of unbranched alkanes of at least 4 members (excludes halogenated alkanes) is 9. The molecule has 0 aromatic rings. The summed E-state index contributed by atoms with van der Waals surface area (Å²) in [6, 6.07) is 0. The number of rotatable bonds is 14. The van der Waals surface area contributed by atoms with E-state index in [0.717, 1.165) is 19.3 Å². The summed E-state index contributed by atoms with van der Waals surface area (Å²) < 4.78 is 58.2. The van der Waals surface area contributed by atoms with Crippen LogP contribution < -0.4 is 0 Å². The van der Waals surface area contributed by atoms with Crippen LogP contribution in [0.3, 0.4) is 0 Å². The molecular weight excluding hydrogens is 386 g/mol. The maximum absolute atomic E-state index is 10.9. The molecule has 0 rings (SSSR count). The Hall–Kier alpha value is 0.403. The van der Waals surface area contributed by atoms with Crippen LogP contribution in [0.1, 0.15) is 71.1 Å². The molecule has 0 fully saturated rings. The quantitative estimate of drug-likeness (QED) is 0.266. The Morgan fingerprint density at radius 3 is 1.59 bits per heavy atom. The van der Waals surface area contributed by atoms with Gasteiger partial charge in [-0.15, -0.1) is 3.63 Å². The van der Waals surface area contributed by atoms with Crippen LogP contribution in [-0.4, -0.2) is 28.0 Å². The van der Waals surface area contributed by atoms with Gasteiger partial charge in [0.2, 0.25) is 0 Å². The van der Waals surface area contributed by atoms with E-state index in [0.29, 0.717) is 6.42 Å². The van der Waals surface area contributed by atoms with Gasteiger partial charge in [0.15, 0.2) is 0 Å². The second-order valence-corrected chi connectivity index (χ2v) is 7.36. The molecule has 0 radical (unpaired) electrons. The van der Waals surface area contributed by atoms with Gasteiger partial charge in [-0.1, -0.05) is 64.7 Å². The van der Waals surface area contributed by atoms with Crippen LogP contribution in [0.25, 0.3) is 0 Å². The van der Waals surface area contributed by atoms with Crippen molar-refractivity contribution in [3.8, 4) is 0 Å². The van der Waals surface area contributed by atoms with Crippen LogP contribution in [-0.2, 0) is 48.1 Å². The molecule has 0 aliphatic heterocycles. The molecule has 0 saturated carbocycles. The molecule has 0 amide bonds. The van der Waals surface area contributed by atoms with Crippen molar-refractivity contribution in [2.75, 3.05) is 6.61 Å². The third kappa shape index (κ3) is 18.5. The third-order valence-corrected chi connectivity index (χ3v) is 4.70. The Balaban J connectivity index is 0. The first-order valence-corrected chi connectivity index (χ1v) is 10.0. The summed E-state index contributed by atoms with van der Waals surface area (Å²) in [5, 5.41) is 0. The molecule has 0 aliphatic carbocycles. The molecule has 1 N–H and O–H groups in total.